The smallest absolute Gasteiger partial charge is 0.342 e. The lowest BCUT2D eigenvalue weighted by atomic mass is 10.3. The first-order valence-corrected chi connectivity index (χ1v) is 4.55. The van der Waals surface area contributed by atoms with E-state index in [1.165, 1.54) is 0 Å². The van der Waals surface area contributed by atoms with Gasteiger partial charge in [0.15, 0.2) is 0 Å². The van der Waals surface area contributed by atoms with Crippen LogP contribution in [0.2, 0.25) is 0 Å². The van der Waals surface area contributed by atoms with Crippen LogP contribution in [0.3, 0.4) is 0 Å². The minimum atomic E-state index is -4.30. The number of carbonyl (C=O) groups is 1. The Balaban J connectivity index is 3.80. The molecule has 0 rings (SSSR count). The number of carboxylic acid groups (broad SMARTS) is 1. The van der Waals surface area contributed by atoms with E-state index in [0.29, 0.717) is 0 Å². The van der Waals surface area contributed by atoms with Crippen molar-refractivity contribution in [3.63, 3.8) is 0 Å². The van der Waals surface area contributed by atoms with Gasteiger partial charge in [-0.05, 0) is 6.42 Å². The minimum Gasteiger partial charge on any atom is -0.481 e. The Labute approximate surface area is 63.2 Å². The summed E-state index contributed by atoms with van der Waals surface area (Å²) in [5, 5.41) is 8.12. The summed E-state index contributed by atoms with van der Waals surface area (Å²) in [6, 6.07) is 0. The van der Waals surface area contributed by atoms with Crippen molar-refractivity contribution in [1.82, 2.24) is 0 Å². The third kappa shape index (κ3) is 4.92. The van der Waals surface area contributed by atoms with E-state index in [1.54, 1.807) is 0 Å². The fourth-order valence-electron chi connectivity index (χ4n) is 0.440. The van der Waals surface area contributed by atoms with Crippen molar-refractivity contribution in [2.45, 2.75) is 18.6 Å². The van der Waals surface area contributed by atoms with E-state index in [-0.39, 0.29) is 12.8 Å². The Kier molecular flexibility index (Phi) is 3.68. The first-order valence-electron chi connectivity index (χ1n) is 2.86. The zero-order valence-corrected chi connectivity index (χ0v) is 6.57. The summed E-state index contributed by atoms with van der Waals surface area (Å²) in [6.45, 7) is 0. The standard InChI is InChI=1S/C4H10NO5P/c5-3(11(8,9)10)1-2-4(6)7/h3H,1-2,5H2,(H,6,7)(H2,8,9,10). The molecule has 0 saturated carbocycles. The molecule has 0 aromatic rings. The number of carboxylic acids is 1. The fraction of sp³-hybridized carbons (Fsp3) is 0.750. The van der Waals surface area contributed by atoms with Gasteiger partial charge in [0, 0.05) is 6.42 Å². The van der Waals surface area contributed by atoms with Crippen molar-refractivity contribution in [1.29, 1.82) is 0 Å². The Morgan fingerprint density at radius 3 is 2.27 bits per heavy atom. The summed E-state index contributed by atoms with van der Waals surface area (Å²) >= 11 is 0. The first-order chi connectivity index (χ1) is 4.84. The van der Waals surface area contributed by atoms with Crippen LogP contribution in [0.4, 0.5) is 0 Å². The second-order valence-corrected chi connectivity index (χ2v) is 3.93. The molecule has 0 heterocycles. The van der Waals surface area contributed by atoms with Gasteiger partial charge in [-0.3, -0.25) is 9.36 Å². The maximum absolute atomic E-state index is 10.3. The van der Waals surface area contributed by atoms with Crippen LogP contribution in [0, 0.1) is 0 Å². The molecule has 0 bridgehead atoms. The van der Waals surface area contributed by atoms with E-state index in [2.05, 4.69) is 0 Å². The Morgan fingerprint density at radius 2 is 2.00 bits per heavy atom. The maximum atomic E-state index is 10.3. The lowest BCUT2D eigenvalue weighted by Crippen LogP contribution is -2.20. The SMILES string of the molecule is NC(CCC(=O)O)P(=O)(O)O. The van der Waals surface area contributed by atoms with Crippen molar-refractivity contribution < 1.29 is 24.3 Å². The van der Waals surface area contributed by atoms with E-state index >= 15 is 0 Å². The monoisotopic (exact) mass is 183 g/mol. The molecule has 0 fully saturated rings. The van der Waals surface area contributed by atoms with Gasteiger partial charge >= 0.3 is 13.6 Å². The third-order valence-corrected chi connectivity index (χ3v) is 2.21. The van der Waals surface area contributed by atoms with E-state index in [4.69, 9.17) is 20.6 Å². The zero-order valence-electron chi connectivity index (χ0n) is 5.67. The molecule has 11 heavy (non-hydrogen) atoms. The van der Waals surface area contributed by atoms with Gasteiger partial charge in [-0.25, -0.2) is 0 Å². The highest BCUT2D eigenvalue weighted by atomic mass is 31.2. The van der Waals surface area contributed by atoms with Crippen molar-refractivity contribution in [2.75, 3.05) is 0 Å². The van der Waals surface area contributed by atoms with E-state index in [1.807, 2.05) is 0 Å². The highest BCUT2D eigenvalue weighted by Crippen LogP contribution is 2.39. The molecule has 0 aliphatic heterocycles. The summed E-state index contributed by atoms with van der Waals surface area (Å²) < 4.78 is 10.3. The molecule has 7 heteroatoms. The normalized spacial score (nSPS) is 14.5. The van der Waals surface area contributed by atoms with Gasteiger partial charge in [0.2, 0.25) is 0 Å². The molecular weight excluding hydrogens is 173 g/mol. The van der Waals surface area contributed by atoms with Crippen molar-refractivity contribution >= 4 is 13.6 Å². The molecule has 0 aromatic carbocycles. The molecule has 0 saturated heterocycles. The average Bonchev–Trinajstić information content (AvgIpc) is 1.80. The van der Waals surface area contributed by atoms with E-state index in [0.717, 1.165) is 0 Å². The second-order valence-electron chi connectivity index (χ2n) is 2.09. The zero-order chi connectivity index (χ0) is 9.07. The highest BCUT2D eigenvalue weighted by Gasteiger charge is 2.24. The van der Waals surface area contributed by atoms with Gasteiger partial charge in [0.05, 0.1) is 0 Å². The number of nitrogens with two attached hydrogens (primary N) is 1. The van der Waals surface area contributed by atoms with Gasteiger partial charge in [0.25, 0.3) is 0 Å². The van der Waals surface area contributed by atoms with Crippen LogP contribution >= 0.6 is 7.60 Å². The van der Waals surface area contributed by atoms with Crippen molar-refractivity contribution in [3.05, 3.63) is 0 Å². The number of aliphatic carboxylic acids is 1. The Morgan fingerprint density at radius 1 is 1.55 bits per heavy atom. The van der Waals surface area contributed by atoms with Crippen LogP contribution in [0.1, 0.15) is 12.8 Å². The summed E-state index contributed by atoms with van der Waals surface area (Å²) in [4.78, 5) is 26.7. The highest BCUT2D eigenvalue weighted by molar-refractivity contribution is 7.52. The molecule has 6 nitrogen and oxygen atoms in total. The lowest BCUT2D eigenvalue weighted by molar-refractivity contribution is -0.137. The van der Waals surface area contributed by atoms with Crippen LogP contribution in [-0.2, 0) is 9.36 Å². The fourth-order valence-corrected chi connectivity index (χ4v) is 0.905. The first kappa shape index (κ1) is 10.6. The quantitative estimate of drug-likeness (QED) is 0.428. The second kappa shape index (κ2) is 3.82. The van der Waals surface area contributed by atoms with Crippen LogP contribution in [0.25, 0.3) is 0 Å². The van der Waals surface area contributed by atoms with Gasteiger partial charge in [-0.2, -0.15) is 0 Å². The van der Waals surface area contributed by atoms with Crippen LogP contribution in [-0.4, -0.2) is 26.6 Å². The average molecular weight is 183 g/mol. The molecule has 1 unspecified atom stereocenters. The predicted octanol–water partition coefficient (Wildman–Crippen LogP) is -0.686. The summed E-state index contributed by atoms with van der Waals surface area (Å²) in [5.41, 5.74) is 4.97. The summed E-state index contributed by atoms with van der Waals surface area (Å²) in [5.74, 6) is -2.48. The molecule has 0 aliphatic rings. The van der Waals surface area contributed by atoms with Gasteiger partial charge in [-0.1, -0.05) is 0 Å². The molecule has 5 N–H and O–H groups in total. The van der Waals surface area contributed by atoms with Gasteiger partial charge in [-0.15, -0.1) is 0 Å². The molecule has 0 spiro atoms. The Bertz CT molecular complexity index is 187. The molecule has 1 atom stereocenters. The summed E-state index contributed by atoms with van der Waals surface area (Å²) in [6.07, 6.45) is -0.536. The van der Waals surface area contributed by atoms with Crippen LogP contribution in [0.5, 0.6) is 0 Å². The van der Waals surface area contributed by atoms with E-state index < -0.39 is 19.3 Å². The predicted molar refractivity (Wildman–Crippen MR) is 36.9 cm³/mol. The largest absolute Gasteiger partial charge is 0.481 e. The van der Waals surface area contributed by atoms with Gasteiger partial charge < -0.3 is 20.6 Å². The molecule has 0 aromatic heterocycles. The van der Waals surface area contributed by atoms with Gasteiger partial charge in [0.1, 0.15) is 5.78 Å². The maximum Gasteiger partial charge on any atom is 0.342 e. The molecular formula is C4H10NO5P. The number of hydrogen-bond acceptors (Lipinski definition) is 3. The molecule has 0 aliphatic carbocycles. The molecule has 66 valence electrons. The Hall–Kier alpha value is -0.420. The minimum absolute atomic E-state index is 0.209. The van der Waals surface area contributed by atoms with Crippen LogP contribution < -0.4 is 5.73 Å². The molecule has 0 radical (unpaired) electrons. The van der Waals surface area contributed by atoms with Crippen molar-refractivity contribution in [2.24, 2.45) is 5.73 Å². The lowest BCUT2D eigenvalue weighted by Gasteiger charge is -2.10. The number of hydrogen-bond donors (Lipinski definition) is 4. The molecule has 0 amide bonds. The third-order valence-electron chi connectivity index (χ3n) is 1.09. The number of rotatable bonds is 4. The summed E-state index contributed by atoms with van der Waals surface area (Å²) in [7, 11) is -4.30. The van der Waals surface area contributed by atoms with E-state index in [9.17, 15) is 9.36 Å². The topological polar surface area (TPSA) is 121 Å². The van der Waals surface area contributed by atoms with Crippen LogP contribution in [0.15, 0.2) is 0 Å². The van der Waals surface area contributed by atoms with Crippen molar-refractivity contribution in [3.8, 4) is 0 Å².